The van der Waals surface area contributed by atoms with Gasteiger partial charge in [-0.25, -0.2) is 0 Å². The van der Waals surface area contributed by atoms with Gasteiger partial charge in [0.2, 0.25) is 0 Å². The van der Waals surface area contributed by atoms with Gasteiger partial charge in [0.25, 0.3) is 5.91 Å². The number of rotatable bonds is 2. The number of aryl methyl sites for hydroxylation is 1. The van der Waals surface area contributed by atoms with Crippen molar-refractivity contribution in [2.24, 2.45) is 13.0 Å². The number of amides is 1. The average molecular weight is 340 g/mol. The largest absolute Gasteiger partial charge is 0.379 e. The van der Waals surface area contributed by atoms with Crippen LogP contribution in [0.3, 0.4) is 0 Å². The average Bonchev–Trinajstić information content (AvgIpc) is 2.77. The van der Waals surface area contributed by atoms with Gasteiger partial charge in [-0.3, -0.25) is 9.48 Å². The van der Waals surface area contributed by atoms with E-state index in [-0.39, 0.29) is 11.9 Å². The highest BCUT2D eigenvalue weighted by atomic mass is 16.5. The summed E-state index contributed by atoms with van der Waals surface area (Å²) in [4.78, 5) is 17.4. The Morgan fingerprint density at radius 2 is 1.92 bits per heavy atom. The maximum atomic E-state index is 13.2. The zero-order chi connectivity index (χ0) is 17.4. The van der Waals surface area contributed by atoms with Crippen LogP contribution in [0.2, 0.25) is 0 Å². The molecule has 1 amide bonds. The Morgan fingerprint density at radius 3 is 2.72 bits per heavy atom. The van der Waals surface area contributed by atoms with Crippen molar-refractivity contribution in [1.82, 2.24) is 19.6 Å². The van der Waals surface area contributed by atoms with Crippen molar-refractivity contribution in [2.75, 3.05) is 39.9 Å². The smallest absolute Gasteiger partial charge is 0.274 e. The minimum atomic E-state index is 0.00795. The van der Waals surface area contributed by atoms with Crippen LogP contribution in [-0.4, -0.2) is 71.4 Å². The van der Waals surface area contributed by atoms with Crippen LogP contribution in [0.25, 0.3) is 11.3 Å². The summed E-state index contributed by atoms with van der Waals surface area (Å²) in [6, 6.07) is 12.0. The lowest BCUT2D eigenvalue weighted by Gasteiger charge is -2.29. The van der Waals surface area contributed by atoms with Crippen molar-refractivity contribution < 1.29 is 9.53 Å². The Bertz CT molecular complexity index is 758. The molecule has 2 aliphatic rings. The third-order valence-electron chi connectivity index (χ3n) is 5.08. The minimum absolute atomic E-state index is 0.00795. The third-order valence-corrected chi connectivity index (χ3v) is 5.08. The van der Waals surface area contributed by atoms with E-state index in [0.29, 0.717) is 18.2 Å². The summed E-state index contributed by atoms with van der Waals surface area (Å²) in [5.41, 5.74) is 2.53. The highest BCUT2D eigenvalue weighted by molar-refractivity contribution is 5.93. The highest BCUT2D eigenvalue weighted by Gasteiger charge is 2.36. The monoisotopic (exact) mass is 340 g/mol. The van der Waals surface area contributed by atoms with E-state index in [1.807, 2.05) is 48.3 Å². The van der Waals surface area contributed by atoms with Crippen LogP contribution in [0, 0.1) is 5.92 Å². The van der Waals surface area contributed by atoms with Crippen molar-refractivity contribution in [3.8, 4) is 11.3 Å². The lowest BCUT2D eigenvalue weighted by Crippen LogP contribution is -2.46. The molecule has 25 heavy (non-hydrogen) atoms. The number of hydrogen-bond acceptors (Lipinski definition) is 4. The van der Waals surface area contributed by atoms with Gasteiger partial charge >= 0.3 is 0 Å². The molecule has 6 heteroatoms. The number of aromatic nitrogens is 2. The Kier molecular flexibility index (Phi) is 4.31. The van der Waals surface area contributed by atoms with E-state index in [9.17, 15) is 4.79 Å². The van der Waals surface area contributed by atoms with Gasteiger partial charge in [-0.05, 0) is 18.7 Å². The van der Waals surface area contributed by atoms with Gasteiger partial charge < -0.3 is 14.5 Å². The summed E-state index contributed by atoms with van der Waals surface area (Å²) in [6.45, 7) is 3.89. The van der Waals surface area contributed by atoms with Crippen LogP contribution in [0.1, 0.15) is 10.5 Å². The fraction of sp³-hybridized carbons (Fsp3) is 0.474. The second-order valence-corrected chi connectivity index (χ2v) is 7.14. The molecule has 1 aromatic carbocycles. The molecule has 4 rings (SSSR count). The number of benzene rings is 1. The topological polar surface area (TPSA) is 50.6 Å². The van der Waals surface area contributed by atoms with Crippen molar-refractivity contribution in [1.29, 1.82) is 0 Å². The quantitative estimate of drug-likeness (QED) is 0.831. The number of nitrogens with zero attached hydrogens (tertiary/aromatic N) is 4. The van der Waals surface area contributed by atoms with Crippen LogP contribution >= 0.6 is 0 Å². The highest BCUT2D eigenvalue weighted by Crippen LogP contribution is 2.23. The van der Waals surface area contributed by atoms with E-state index in [1.165, 1.54) is 0 Å². The summed E-state index contributed by atoms with van der Waals surface area (Å²) in [5, 5.41) is 4.50. The molecule has 2 bridgehead atoms. The van der Waals surface area contributed by atoms with Crippen LogP contribution in [0.5, 0.6) is 0 Å². The van der Waals surface area contributed by atoms with E-state index in [0.717, 1.165) is 37.5 Å². The molecule has 1 aromatic heterocycles. The SMILES string of the molecule is CN1C[C@@H]2COC[C@H](C1)N(C(=O)c1cc(-c3ccccc3)n(C)n1)C2. The molecule has 2 aliphatic heterocycles. The van der Waals surface area contributed by atoms with Crippen molar-refractivity contribution >= 4 is 5.91 Å². The van der Waals surface area contributed by atoms with Gasteiger partial charge in [0.05, 0.1) is 24.9 Å². The van der Waals surface area contributed by atoms with Crippen molar-refractivity contribution in [3.05, 3.63) is 42.1 Å². The maximum Gasteiger partial charge on any atom is 0.274 e. The van der Waals surface area contributed by atoms with Crippen LogP contribution in [0.15, 0.2) is 36.4 Å². The molecule has 0 unspecified atom stereocenters. The predicted octanol–water partition coefficient (Wildman–Crippen LogP) is 1.49. The van der Waals surface area contributed by atoms with Gasteiger partial charge in [-0.2, -0.15) is 5.10 Å². The number of fused-ring (bicyclic) bond motifs is 3. The molecule has 2 saturated heterocycles. The van der Waals surface area contributed by atoms with E-state index in [1.54, 1.807) is 4.68 Å². The molecule has 0 spiro atoms. The van der Waals surface area contributed by atoms with E-state index >= 15 is 0 Å². The Balaban J connectivity index is 1.63. The Labute approximate surface area is 148 Å². The molecule has 2 aromatic rings. The number of hydrogen-bond donors (Lipinski definition) is 0. The fourth-order valence-electron chi connectivity index (χ4n) is 3.92. The van der Waals surface area contributed by atoms with Gasteiger partial charge in [-0.1, -0.05) is 30.3 Å². The first-order valence-corrected chi connectivity index (χ1v) is 8.78. The first-order valence-electron chi connectivity index (χ1n) is 8.78. The number of ether oxygens (including phenoxy) is 1. The van der Waals surface area contributed by atoms with Gasteiger partial charge in [0, 0.05) is 32.6 Å². The molecule has 0 radical (unpaired) electrons. The van der Waals surface area contributed by atoms with Gasteiger partial charge in [0.15, 0.2) is 5.69 Å². The van der Waals surface area contributed by atoms with Crippen molar-refractivity contribution in [3.63, 3.8) is 0 Å². The van der Waals surface area contributed by atoms with Gasteiger partial charge in [-0.15, -0.1) is 0 Å². The molecule has 0 N–H and O–H groups in total. The van der Waals surface area contributed by atoms with Crippen LogP contribution < -0.4 is 0 Å². The fourth-order valence-corrected chi connectivity index (χ4v) is 3.92. The molecule has 132 valence electrons. The van der Waals surface area contributed by atoms with Crippen molar-refractivity contribution in [2.45, 2.75) is 6.04 Å². The van der Waals surface area contributed by atoms with Crippen LogP contribution in [-0.2, 0) is 11.8 Å². The zero-order valence-electron chi connectivity index (χ0n) is 14.8. The summed E-state index contributed by atoms with van der Waals surface area (Å²) in [7, 11) is 4.00. The summed E-state index contributed by atoms with van der Waals surface area (Å²) in [6.07, 6.45) is 0. The Hall–Kier alpha value is -2.18. The molecule has 2 atom stereocenters. The van der Waals surface area contributed by atoms with E-state index in [4.69, 9.17) is 4.74 Å². The molecule has 2 fully saturated rings. The molecular formula is C19H24N4O2. The van der Waals surface area contributed by atoms with E-state index in [2.05, 4.69) is 17.0 Å². The zero-order valence-corrected chi connectivity index (χ0v) is 14.8. The normalized spacial score (nSPS) is 24.2. The number of carbonyl (C=O) groups excluding carboxylic acids is 1. The first-order chi connectivity index (χ1) is 12.1. The van der Waals surface area contributed by atoms with Gasteiger partial charge in [0.1, 0.15) is 0 Å². The summed E-state index contributed by atoms with van der Waals surface area (Å²) in [5.74, 6) is 0.368. The maximum absolute atomic E-state index is 13.2. The standard InChI is InChI=1S/C19H24N4O2/c1-21-9-14-10-23(16(11-21)13-25-12-14)19(24)17-8-18(22(2)20-17)15-6-4-3-5-7-15/h3-8,14,16H,9-13H2,1-2H3/t14-,16-/m0/s1. The first kappa shape index (κ1) is 16.3. The summed E-state index contributed by atoms with van der Waals surface area (Å²) >= 11 is 0. The van der Waals surface area contributed by atoms with E-state index < -0.39 is 0 Å². The molecule has 3 heterocycles. The second kappa shape index (κ2) is 6.61. The summed E-state index contributed by atoms with van der Waals surface area (Å²) < 4.78 is 7.57. The minimum Gasteiger partial charge on any atom is -0.379 e. The lowest BCUT2D eigenvalue weighted by atomic mass is 10.1. The number of carbonyl (C=O) groups is 1. The molecule has 6 nitrogen and oxygen atoms in total. The lowest BCUT2D eigenvalue weighted by molar-refractivity contribution is 0.0480. The second-order valence-electron chi connectivity index (χ2n) is 7.14. The number of likely N-dealkylation sites (N-methyl/N-ethyl adjacent to an activating group) is 1. The molecule has 0 saturated carbocycles. The molecule has 0 aliphatic carbocycles. The van der Waals surface area contributed by atoms with Crippen LogP contribution in [0.4, 0.5) is 0 Å². The molecular weight excluding hydrogens is 316 g/mol. The predicted molar refractivity (Wildman–Crippen MR) is 95.3 cm³/mol. The Morgan fingerprint density at radius 1 is 1.12 bits per heavy atom. The third kappa shape index (κ3) is 3.19.